The van der Waals surface area contributed by atoms with Crippen molar-refractivity contribution < 1.29 is 24.3 Å². The lowest BCUT2D eigenvalue weighted by Crippen LogP contribution is -2.51. The molecule has 1 amide bonds. The molecule has 1 spiro atoms. The number of fused-ring (bicyclic) bond motifs is 2. The van der Waals surface area contributed by atoms with Crippen LogP contribution in [0.25, 0.3) is 0 Å². The van der Waals surface area contributed by atoms with Crippen molar-refractivity contribution in [3.05, 3.63) is 82.7 Å². The first-order valence-corrected chi connectivity index (χ1v) is 17.2. The van der Waals surface area contributed by atoms with Crippen molar-refractivity contribution >= 4 is 30.5 Å². The van der Waals surface area contributed by atoms with E-state index in [-0.39, 0.29) is 42.3 Å². The van der Waals surface area contributed by atoms with Gasteiger partial charge in [0.05, 0.1) is 37.6 Å². The van der Waals surface area contributed by atoms with Gasteiger partial charge in [0.25, 0.3) is 11.6 Å². The minimum Gasteiger partial charge on any atom is -0.497 e. The highest BCUT2D eigenvalue weighted by Crippen LogP contribution is 2.60. The highest BCUT2D eigenvalue weighted by Gasteiger charge is 2.66. The summed E-state index contributed by atoms with van der Waals surface area (Å²) in [6.45, 7) is 11.2. The van der Waals surface area contributed by atoms with E-state index in [4.69, 9.17) is 9.47 Å². The number of hydrogen-bond donors (Lipinski definition) is 1. The van der Waals surface area contributed by atoms with Crippen LogP contribution in [0.3, 0.4) is 0 Å². The predicted octanol–water partition coefficient (Wildman–Crippen LogP) is 3.57. The molecule has 1 aromatic heterocycles. The molecule has 0 radical (unpaired) electrons. The molecule has 1 N–H and O–H groups in total. The number of amides is 1. The monoisotopic (exact) mass is 591 g/mol. The molecule has 3 aromatic rings. The van der Waals surface area contributed by atoms with Crippen molar-refractivity contribution in [2.75, 3.05) is 25.2 Å². The standard InChI is InChI=1S/C30H37N5O6Si/c1-6-15-34-26-12-7-22(35(38)39)18-25(26)30(29(34)37)20(2)28(42(4,5)24-10-8-23(40-3)9-11-24)27(41-30)13-16-33-19-21(14-17-36)31-32-33/h6-12,18-20,27-28,36H,1,13-17H2,2-5H3/t20-,27+,28-,30+/m0/s1. The third-order valence-corrected chi connectivity index (χ3v) is 13.3. The molecule has 1 fully saturated rings. The van der Waals surface area contributed by atoms with E-state index < -0.39 is 18.6 Å². The lowest BCUT2D eigenvalue weighted by molar-refractivity contribution is -0.385. The molecule has 3 heterocycles. The average Bonchev–Trinajstić information content (AvgIpc) is 3.62. The fourth-order valence-corrected chi connectivity index (χ4v) is 11.0. The van der Waals surface area contributed by atoms with Gasteiger partial charge in [-0.05, 0) is 30.2 Å². The molecular weight excluding hydrogens is 554 g/mol. The fourth-order valence-electron chi connectivity index (χ4n) is 6.93. The van der Waals surface area contributed by atoms with Crippen LogP contribution >= 0.6 is 0 Å². The first kappa shape index (κ1) is 29.6. The maximum absolute atomic E-state index is 14.4. The Morgan fingerprint density at radius 3 is 2.64 bits per heavy atom. The van der Waals surface area contributed by atoms with E-state index in [2.05, 4.69) is 49.0 Å². The number of rotatable bonds is 11. The quantitative estimate of drug-likeness (QED) is 0.155. The van der Waals surface area contributed by atoms with Crippen LogP contribution in [0.4, 0.5) is 11.4 Å². The number of carbonyl (C=O) groups is 1. The van der Waals surface area contributed by atoms with Crippen LogP contribution in [0, 0.1) is 16.0 Å². The highest BCUT2D eigenvalue weighted by atomic mass is 28.3. The van der Waals surface area contributed by atoms with Gasteiger partial charge in [-0.3, -0.25) is 19.6 Å². The Kier molecular flexibility index (Phi) is 8.06. The number of aromatic nitrogens is 3. The summed E-state index contributed by atoms with van der Waals surface area (Å²) < 4.78 is 14.1. The lowest BCUT2D eigenvalue weighted by Gasteiger charge is -2.37. The maximum atomic E-state index is 14.4. The summed E-state index contributed by atoms with van der Waals surface area (Å²) >= 11 is 0. The van der Waals surface area contributed by atoms with Gasteiger partial charge in [-0.2, -0.15) is 0 Å². The highest BCUT2D eigenvalue weighted by molar-refractivity contribution is 6.91. The molecule has 11 nitrogen and oxygen atoms in total. The molecule has 5 rings (SSSR count). The summed E-state index contributed by atoms with van der Waals surface area (Å²) in [5.41, 5.74) is 0.376. The summed E-state index contributed by atoms with van der Waals surface area (Å²) in [6.07, 6.45) is 4.11. The number of nitro groups is 1. The zero-order valence-corrected chi connectivity index (χ0v) is 25.4. The van der Waals surface area contributed by atoms with E-state index >= 15 is 0 Å². The second kappa shape index (κ2) is 11.4. The topological polar surface area (TPSA) is 133 Å². The largest absolute Gasteiger partial charge is 0.497 e. The predicted molar refractivity (Wildman–Crippen MR) is 161 cm³/mol. The van der Waals surface area contributed by atoms with E-state index in [1.54, 1.807) is 28.8 Å². The number of benzene rings is 2. The first-order valence-electron chi connectivity index (χ1n) is 14.1. The van der Waals surface area contributed by atoms with Crippen molar-refractivity contribution in [3.8, 4) is 5.75 Å². The molecule has 0 unspecified atom stereocenters. The summed E-state index contributed by atoms with van der Waals surface area (Å²) in [7, 11) is -0.721. The van der Waals surface area contributed by atoms with Crippen LogP contribution < -0.4 is 14.8 Å². The van der Waals surface area contributed by atoms with Gasteiger partial charge in [-0.15, -0.1) is 11.7 Å². The summed E-state index contributed by atoms with van der Waals surface area (Å²) in [6, 6.07) is 12.7. The average molecular weight is 592 g/mol. The van der Waals surface area contributed by atoms with Crippen molar-refractivity contribution in [1.29, 1.82) is 0 Å². The summed E-state index contributed by atoms with van der Waals surface area (Å²) in [4.78, 5) is 27.4. The minimum absolute atomic E-state index is 0.0109. The summed E-state index contributed by atoms with van der Waals surface area (Å²) in [5, 5.41) is 30.7. The van der Waals surface area contributed by atoms with Crippen LogP contribution in [0.5, 0.6) is 5.75 Å². The number of aliphatic hydroxyl groups excluding tert-OH is 1. The lowest BCUT2D eigenvalue weighted by atomic mass is 9.82. The SMILES string of the molecule is C=CCN1C(=O)[C@]2(O[C@H](CCn3cc(CCO)nn3)[C@@H]([Si](C)(C)c3ccc(OC)cc3)[C@@H]2C)c2cc([N+](=O)[O-])ccc21. The molecule has 4 atom stereocenters. The molecule has 1 saturated heterocycles. The number of nitrogens with zero attached hydrogens (tertiary/aromatic N) is 5. The number of methoxy groups -OCH3 is 1. The van der Waals surface area contributed by atoms with Gasteiger partial charge in [0, 0.05) is 55.9 Å². The molecule has 0 bridgehead atoms. The van der Waals surface area contributed by atoms with Crippen LogP contribution in [-0.2, 0) is 28.1 Å². The number of hydrogen-bond acceptors (Lipinski definition) is 8. The minimum atomic E-state index is -2.36. The van der Waals surface area contributed by atoms with E-state index in [9.17, 15) is 20.0 Å². The Labute approximate surface area is 245 Å². The molecular formula is C30H37N5O6Si. The Bertz CT molecular complexity index is 1490. The van der Waals surface area contributed by atoms with Gasteiger partial charge >= 0.3 is 0 Å². The van der Waals surface area contributed by atoms with Crippen molar-refractivity contribution in [1.82, 2.24) is 15.0 Å². The second-order valence-electron chi connectivity index (χ2n) is 11.6. The Morgan fingerprint density at radius 1 is 1.26 bits per heavy atom. The number of aryl methyl sites for hydroxylation is 1. The van der Waals surface area contributed by atoms with E-state index in [0.29, 0.717) is 36.3 Å². The molecule has 12 heteroatoms. The smallest absolute Gasteiger partial charge is 0.269 e. The molecule has 0 saturated carbocycles. The maximum Gasteiger partial charge on any atom is 0.269 e. The zero-order valence-electron chi connectivity index (χ0n) is 24.4. The molecule has 222 valence electrons. The van der Waals surface area contributed by atoms with Gasteiger partial charge in [0.2, 0.25) is 0 Å². The van der Waals surface area contributed by atoms with E-state index in [0.717, 1.165) is 5.75 Å². The third kappa shape index (κ3) is 4.82. The van der Waals surface area contributed by atoms with Crippen molar-refractivity contribution in [2.24, 2.45) is 5.92 Å². The normalized spacial score (nSPS) is 23.4. The van der Waals surface area contributed by atoms with Gasteiger partial charge in [0.15, 0.2) is 5.60 Å². The first-order chi connectivity index (χ1) is 20.1. The third-order valence-electron chi connectivity index (χ3n) is 8.94. The van der Waals surface area contributed by atoms with Crippen LogP contribution in [0.2, 0.25) is 18.6 Å². The summed E-state index contributed by atoms with van der Waals surface area (Å²) in [5.74, 6) is 0.267. The van der Waals surface area contributed by atoms with Crippen LogP contribution in [0.15, 0.2) is 61.3 Å². The number of nitro benzene ring substituents is 1. The molecule has 0 aliphatic carbocycles. The molecule has 2 aliphatic heterocycles. The van der Waals surface area contributed by atoms with Gasteiger partial charge in [-0.25, -0.2) is 0 Å². The van der Waals surface area contributed by atoms with E-state index in [1.165, 1.54) is 17.3 Å². The van der Waals surface area contributed by atoms with Crippen molar-refractivity contribution in [2.45, 2.75) is 56.7 Å². The zero-order chi connectivity index (χ0) is 30.2. The van der Waals surface area contributed by atoms with Crippen LogP contribution in [-0.4, -0.2) is 65.4 Å². The molecule has 42 heavy (non-hydrogen) atoms. The number of anilines is 1. The van der Waals surface area contributed by atoms with Gasteiger partial charge in [0.1, 0.15) is 5.75 Å². The molecule has 2 aliphatic rings. The van der Waals surface area contributed by atoms with Gasteiger partial charge < -0.3 is 19.5 Å². The Balaban J connectivity index is 1.60. The van der Waals surface area contributed by atoms with Crippen LogP contribution in [0.1, 0.15) is 24.6 Å². The Morgan fingerprint density at radius 2 is 2.00 bits per heavy atom. The number of aliphatic hydroxyl groups is 1. The van der Waals surface area contributed by atoms with E-state index in [1.807, 2.05) is 18.3 Å². The van der Waals surface area contributed by atoms with Crippen molar-refractivity contribution in [3.63, 3.8) is 0 Å². The second-order valence-corrected chi connectivity index (χ2v) is 16.2. The molecule has 2 aromatic carbocycles. The fraction of sp³-hybridized carbons (Fsp3) is 0.433. The number of carbonyl (C=O) groups excluding carboxylic acids is 1. The Hall–Kier alpha value is -3.87. The van der Waals surface area contributed by atoms with Gasteiger partial charge in [-0.1, -0.05) is 48.6 Å². The number of non-ortho nitro benzene ring substituents is 1. The number of ether oxygens (including phenoxy) is 2.